The highest BCUT2D eigenvalue weighted by molar-refractivity contribution is 7.89. The summed E-state index contributed by atoms with van der Waals surface area (Å²) in [7, 11) is -3.63. The molecule has 0 atom stereocenters. The first-order valence-corrected chi connectivity index (χ1v) is 9.19. The molecule has 0 radical (unpaired) electrons. The van der Waals surface area contributed by atoms with Gasteiger partial charge in [-0.25, -0.2) is 13.1 Å². The highest BCUT2D eigenvalue weighted by atomic mass is 32.2. The molecule has 0 spiro atoms. The molecule has 1 amide bonds. The molecule has 0 bridgehead atoms. The van der Waals surface area contributed by atoms with Gasteiger partial charge in [0.15, 0.2) is 0 Å². The van der Waals surface area contributed by atoms with Crippen molar-refractivity contribution in [2.45, 2.75) is 38.6 Å². The Bertz CT molecular complexity index is 838. The number of amides is 1. The van der Waals surface area contributed by atoms with E-state index in [2.05, 4.69) is 10.0 Å². The van der Waals surface area contributed by atoms with E-state index in [-0.39, 0.29) is 16.8 Å². The predicted octanol–water partition coefficient (Wildman–Crippen LogP) is 3.24. The van der Waals surface area contributed by atoms with Crippen LogP contribution in [0.2, 0.25) is 0 Å². The fraction of sp³-hybridized carbons (Fsp3) is 0.278. The molecule has 6 heteroatoms. The second-order valence-corrected chi connectivity index (χ2v) is 7.74. The summed E-state index contributed by atoms with van der Waals surface area (Å²) in [6, 6.07) is 11.5. The van der Waals surface area contributed by atoms with E-state index < -0.39 is 10.0 Å². The van der Waals surface area contributed by atoms with Crippen molar-refractivity contribution in [1.82, 2.24) is 4.72 Å². The lowest BCUT2D eigenvalue weighted by Crippen LogP contribution is -2.30. The molecular formula is C18H22N2O3S. The molecule has 2 aromatic carbocycles. The van der Waals surface area contributed by atoms with Crippen molar-refractivity contribution in [3.8, 4) is 0 Å². The molecule has 0 aliphatic heterocycles. The van der Waals surface area contributed by atoms with Gasteiger partial charge in [0.1, 0.15) is 0 Å². The number of anilines is 1. The summed E-state index contributed by atoms with van der Waals surface area (Å²) >= 11 is 0. The van der Waals surface area contributed by atoms with Gasteiger partial charge in [-0.15, -0.1) is 0 Å². The van der Waals surface area contributed by atoms with E-state index in [9.17, 15) is 13.2 Å². The van der Waals surface area contributed by atoms with Crippen LogP contribution in [0.25, 0.3) is 0 Å². The molecule has 5 nitrogen and oxygen atoms in total. The Hall–Kier alpha value is -2.18. The third-order valence-electron chi connectivity index (χ3n) is 3.52. The number of carbonyl (C=O) groups is 1. The van der Waals surface area contributed by atoms with E-state index in [1.807, 2.05) is 32.0 Å². The Morgan fingerprint density at radius 3 is 2.17 bits per heavy atom. The van der Waals surface area contributed by atoms with Crippen molar-refractivity contribution < 1.29 is 13.2 Å². The van der Waals surface area contributed by atoms with Crippen molar-refractivity contribution in [3.63, 3.8) is 0 Å². The monoisotopic (exact) mass is 346 g/mol. The molecule has 0 unspecified atom stereocenters. The van der Waals surface area contributed by atoms with Gasteiger partial charge in [0.25, 0.3) is 5.91 Å². The normalized spacial score (nSPS) is 11.5. The third kappa shape index (κ3) is 4.21. The summed E-state index contributed by atoms with van der Waals surface area (Å²) < 4.78 is 27.0. The summed E-state index contributed by atoms with van der Waals surface area (Å²) in [4.78, 5) is 12.6. The fourth-order valence-corrected chi connectivity index (χ4v) is 3.68. The SMILES string of the molecule is Cc1cccc(C)c1NC(=O)c1cccc(S(=O)(=O)NC(C)C)c1. The molecule has 0 aromatic heterocycles. The standard InChI is InChI=1S/C18H22N2O3S/c1-12(2)20-24(22,23)16-10-6-9-15(11-16)18(21)19-17-13(3)7-5-8-14(17)4/h5-12,20H,1-4H3,(H,19,21). The summed E-state index contributed by atoms with van der Waals surface area (Å²) in [6.45, 7) is 7.32. The quantitative estimate of drug-likeness (QED) is 0.873. The van der Waals surface area contributed by atoms with Crippen LogP contribution in [0.3, 0.4) is 0 Å². The van der Waals surface area contributed by atoms with Gasteiger partial charge in [-0.1, -0.05) is 24.3 Å². The average molecular weight is 346 g/mol. The molecule has 2 rings (SSSR count). The van der Waals surface area contributed by atoms with Gasteiger partial charge < -0.3 is 5.32 Å². The van der Waals surface area contributed by atoms with Gasteiger partial charge in [-0.3, -0.25) is 4.79 Å². The Morgan fingerprint density at radius 1 is 1.00 bits per heavy atom. The van der Waals surface area contributed by atoms with Crippen molar-refractivity contribution in [1.29, 1.82) is 0 Å². The van der Waals surface area contributed by atoms with Gasteiger partial charge in [-0.05, 0) is 57.0 Å². The second-order valence-electron chi connectivity index (χ2n) is 6.02. The van der Waals surface area contributed by atoms with Crippen LogP contribution in [-0.4, -0.2) is 20.4 Å². The molecule has 2 aromatic rings. The zero-order valence-corrected chi connectivity index (χ0v) is 15.1. The molecular weight excluding hydrogens is 324 g/mol. The van der Waals surface area contributed by atoms with E-state index in [0.717, 1.165) is 16.8 Å². The highest BCUT2D eigenvalue weighted by Crippen LogP contribution is 2.21. The zero-order valence-electron chi connectivity index (χ0n) is 14.3. The van der Waals surface area contributed by atoms with Crippen LogP contribution in [0, 0.1) is 13.8 Å². The minimum absolute atomic E-state index is 0.0744. The average Bonchev–Trinajstić information content (AvgIpc) is 2.50. The van der Waals surface area contributed by atoms with Gasteiger partial charge in [0.2, 0.25) is 10.0 Å². The molecule has 128 valence electrons. The molecule has 0 aliphatic rings. The maximum Gasteiger partial charge on any atom is 0.255 e. The van der Waals surface area contributed by atoms with Crippen LogP contribution >= 0.6 is 0 Å². The number of benzene rings is 2. The largest absolute Gasteiger partial charge is 0.322 e. The number of aryl methyl sites for hydroxylation is 2. The first-order valence-electron chi connectivity index (χ1n) is 7.70. The van der Waals surface area contributed by atoms with E-state index in [1.165, 1.54) is 12.1 Å². The fourth-order valence-electron chi connectivity index (χ4n) is 2.38. The number of rotatable bonds is 5. The number of hydrogen-bond donors (Lipinski definition) is 2. The summed E-state index contributed by atoms with van der Waals surface area (Å²) in [5, 5.41) is 2.86. The topological polar surface area (TPSA) is 75.3 Å². The lowest BCUT2D eigenvalue weighted by molar-refractivity contribution is 0.102. The van der Waals surface area contributed by atoms with Crippen molar-refractivity contribution in [2.24, 2.45) is 0 Å². The van der Waals surface area contributed by atoms with Crippen LogP contribution in [0.4, 0.5) is 5.69 Å². The molecule has 2 N–H and O–H groups in total. The van der Waals surface area contributed by atoms with Crippen molar-refractivity contribution in [2.75, 3.05) is 5.32 Å². The number of hydrogen-bond acceptors (Lipinski definition) is 3. The molecule has 0 aliphatic carbocycles. The molecule has 24 heavy (non-hydrogen) atoms. The third-order valence-corrected chi connectivity index (χ3v) is 5.17. The number of nitrogens with one attached hydrogen (secondary N) is 2. The molecule has 0 fully saturated rings. The van der Waals surface area contributed by atoms with Crippen LogP contribution in [0.1, 0.15) is 35.3 Å². The highest BCUT2D eigenvalue weighted by Gasteiger charge is 2.17. The number of sulfonamides is 1. The maximum absolute atomic E-state index is 12.5. The van der Waals surface area contributed by atoms with Gasteiger partial charge in [0.05, 0.1) is 4.90 Å². The first-order chi connectivity index (χ1) is 11.2. The number of para-hydroxylation sites is 1. The minimum atomic E-state index is -3.63. The number of carbonyl (C=O) groups excluding carboxylic acids is 1. The Balaban J connectivity index is 2.30. The van der Waals surface area contributed by atoms with Crippen LogP contribution in [0.15, 0.2) is 47.4 Å². The summed E-state index contributed by atoms with van der Waals surface area (Å²) in [6.07, 6.45) is 0. The lowest BCUT2D eigenvalue weighted by Gasteiger charge is -2.13. The summed E-state index contributed by atoms with van der Waals surface area (Å²) in [5.41, 5.74) is 2.95. The van der Waals surface area contributed by atoms with Gasteiger partial charge in [-0.2, -0.15) is 0 Å². The maximum atomic E-state index is 12.5. The predicted molar refractivity (Wildman–Crippen MR) is 95.8 cm³/mol. The zero-order chi connectivity index (χ0) is 17.9. The first kappa shape index (κ1) is 18.2. The Morgan fingerprint density at radius 2 is 1.58 bits per heavy atom. The summed E-state index contributed by atoms with van der Waals surface area (Å²) in [5.74, 6) is -0.339. The minimum Gasteiger partial charge on any atom is -0.322 e. The smallest absolute Gasteiger partial charge is 0.255 e. The van der Waals surface area contributed by atoms with Gasteiger partial charge >= 0.3 is 0 Å². The molecule has 0 saturated heterocycles. The van der Waals surface area contributed by atoms with E-state index >= 15 is 0 Å². The van der Waals surface area contributed by atoms with E-state index in [4.69, 9.17) is 0 Å². The van der Waals surface area contributed by atoms with Gasteiger partial charge in [0, 0.05) is 17.3 Å². The Kier molecular flexibility index (Phi) is 5.41. The van der Waals surface area contributed by atoms with Crippen molar-refractivity contribution in [3.05, 3.63) is 59.2 Å². The second kappa shape index (κ2) is 7.15. The van der Waals surface area contributed by atoms with Crippen molar-refractivity contribution >= 4 is 21.6 Å². The molecule has 0 heterocycles. The van der Waals surface area contributed by atoms with Crippen LogP contribution in [-0.2, 0) is 10.0 Å². The van der Waals surface area contributed by atoms with E-state index in [0.29, 0.717) is 5.56 Å². The lowest BCUT2D eigenvalue weighted by atomic mass is 10.1. The van der Waals surface area contributed by atoms with E-state index in [1.54, 1.807) is 26.0 Å². The van der Waals surface area contributed by atoms with Crippen LogP contribution < -0.4 is 10.0 Å². The Labute approximate surface area is 143 Å². The van der Waals surface area contributed by atoms with Crippen LogP contribution in [0.5, 0.6) is 0 Å². The molecule has 0 saturated carbocycles.